The monoisotopic (exact) mass is 450 g/mol. The van der Waals surface area contributed by atoms with Crippen molar-refractivity contribution in [2.45, 2.75) is 98.3 Å². The van der Waals surface area contributed by atoms with Crippen molar-refractivity contribution in [3.8, 4) is 0 Å². The Bertz CT molecular complexity index is 453. The Hall–Kier alpha value is 0.0700. The van der Waals surface area contributed by atoms with Crippen LogP contribution in [0.4, 0.5) is 0 Å². The van der Waals surface area contributed by atoms with E-state index in [2.05, 4.69) is 64.1 Å². The Morgan fingerprint density at radius 3 is 1.58 bits per heavy atom. The number of carbonyl (C=O) groups is 2. The molecule has 0 fully saturated rings. The van der Waals surface area contributed by atoms with E-state index in [4.69, 9.17) is 0 Å². The molecule has 0 saturated carbocycles. The molecule has 0 aromatic heterocycles. The molecular formula is C21H39IO2. The summed E-state index contributed by atoms with van der Waals surface area (Å²) in [5.41, 5.74) is -0.502. The van der Waals surface area contributed by atoms with Gasteiger partial charge in [-0.2, -0.15) is 0 Å². The topological polar surface area (TPSA) is 34.1 Å². The predicted molar refractivity (Wildman–Crippen MR) is 113 cm³/mol. The van der Waals surface area contributed by atoms with Gasteiger partial charge in [0, 0.05) is 14.3 Å². The molecule has 24 heavy (non-hydrogen) atoms. The minimum Gasteiger partial charge on any atom is -0.299 e. The Morgan fingerprint density at radius 1 is 0.833 bits per heavy atom. The molecule has 0 saturated heterocycles. The van der Waals surface area contributed by atoms with Gasteiger partial charge in [0.1, 0.15) is 11.6 Å². The Labute approximate surface area is 164 Å². The number of hydrogen-bond donors (Lipinski definition) is 0. The summed E-state index contributed by atoms with van der Waals surface area (Å²) in [5, 5.41) is 0. The lowest BCUT2D eigenvalue weighted by Gasteiger charge is -2.42. The van der Waals surface area contributed by atoms with Gasteiger partial charge in [-0.15, -0.1) is 0 Å². The normalized spacial score (nSPS) is 15.3. The van der Waals surface area contributed by atoms with Gasteiger partial charge in [0.2, 0.25) is 0 Å². The molecule has 1 unspecified atom stereocenters. The third kappa shape index (κ3) is 7.97. The van der Waals surface area contributed by atoms with Crippen molar-refractivity contribution in [1.29, 1.82) is 0 Å². The highest BCUT2D eigenvalue weighted by Gasteiger charge is 2.40. The molecule has 0 bridgehead atoms. The second-order valence-corrected chi connectivity index (χ2v) is 13.1. The average Bonchev–Trinajstić information content (AvgIpc) is 2.31. The SMILES string of the molecule is CC(=O)C(C)(C)CCC(CC(C)(C)I)C(C)(C)CC(C)(C)C(C)=O. The first-order chi connectivity index (χ1) is 10.4. The fourth-order valence-electron chi connectivity index (χ4n) is 3.47. The fourth-order valence-corrected chi connectivity index (χ4v) is 4.01. The summed E-state index contributed by atoms with van der Waals surface area (Å²) in [6, 6.07) is 0. The van der Waals surface area contributed by atoms with Crippen molar-refractivity contribution in [3.63, 3.8) is 0 Å². The molecule has 1 atom stereocenters. The largest absolute Gasteiger partial charge is 0.299 e. The van der Waals surface area contributed by atoms with Gasteiger partial charge in [0.25, 0.3) is 0 Å². The van der Waals surface area contributed by atoms with Gasteiger partial charge in [-0.1, -0.05) is 78.0 Å². The van der Waals surface area contributed by atoms with Gasteiger partial charge >= 0.3 is 0 Å². The van der Waals surface area contributed by atoms with Crippen LogP contribution in [0.3, 0.4) is 0 Å². The third-order valence-corrected chi connectivity index (χ3v) is 6.20. The lowest BCUT2D eigenvalue weighted by atomic mass is 9.63. The van der Waals surface area contributed by atoms with Crippen LogP contribution >= 0.6 is 22.6 Å². The highest BCUT2D eigenvalue weighted by Crippen LogP contribution is 2.47. The highest BCUT2D eigenvalue weighted by atomic mass is 127. The number of Topliss-reactive ketones (excluding diaryl/α,β-unsaturated/α-hetero) is 2. The maximum Gasteiger partial charge on any atom is 0.135 e. The minimum atomic E-state index is -0.298. The number of ketones is 2. The summed E-state index contributed by atoms with van der Waals surface area (Å²) in [5.74, 6) is 1.01. The van der Waals surface area contributed by atoms with Crippen molar-refractivity contribution in [2.75, 3.05) is 0 Å². The molecule has 0 aliphatic heterocycles. The fraction of sp³-hybridized carbons (Fsp3) is 0.905. The molecule has 3 heteroatoms. The summed E-state index contributed by atoms with van der Waals surface area (Å²) in [6.07, 6.45) is 3.92. The van der Waals surface area contributed by atoms with Crippen LogP contribution in [-0.4, -0.2) is 15.0 Å². The Morgan fingerprint density at radius 2 is 1.25 bits per heavy atom. The van der Waals surface area contributed by atoms with Crippen molar-refractivity contribution < 1.29 is 9.59 Å². The van der Waals surface area contributed by atoms with Crippen LogP contribution < -0.4 is 0 Å². The molecular weight excluding hydrogens is 411 g/mol. The molecule has 2 nitrogen and oxygen atoms in total. The molecule has 0 N–H and O–H groups in total. The summed E-state index contributed by atoms with van der Waals surface area (Å²) >= 11 is 2.52. The first-order valence-electron chi connectivity index (χ1n) is 9.12. The molecule has 0 radical (unpaired) electrons. The summed E-state index contributed by atoms with van der Waals surface area (Å²) < 4.78 is 0.209. The molecule has 0 rings (SSSR count). The van der Waals surface area contributed by atoms with Gasteiger partial charge in [-0.25, -0.2) is 0 Å². The van der Waals surface area contributed by atoms with Crippen molar-refractivity contribution in [2.24, 2.45) is 22.2 Å². The van der Waals surface area contributed by atoms with E-state index in [0.29, 0.717) is 5.92 Å². The van der Waals surface area contributed by atoms with Gasteiger partial charge in [0.05, 0.1) is 0 Å². The van der Waals surface area contributed by atoms with Crippen LogP contribution in [0.25, 0.3) is 0 Å². The maximum absolute atomic E-state index is 12.0. The highest BCUT2D eigenvalue weighted by molar-refractivity contribution is 14.1. The molecule has 0 aliphatic rings. The van der Waals surface area contributed by atoms with Crippen molar-refractivity contribution in [3.05, 3.63) is 0 Å². The first kappa shape index (κ1) is 24.1. The Balaban J connectivity index is 5.39. The average molecular weight is 450 g/mol. The van der Waals surface area contributed by atoms with E-state index in [1.807, 2.05) is 13.8 Å². The van der Waals surface area contributed by atoms with Gasteiger partial charge in [0.15, 0.2) is 0 Å². The van der Waals surface area contributed by atoms with E-state index in [0.717, 1.165) is 25.7 Å². The molecule has 142 valence electrons. The van der Waals surface area contributed by atoms with Gasteiger partial charge < -0.3 is 0 Å². The van der Waals surface area contributed by atoms with E-state index >= 15 is 0 Å². The van der Waals surface area contributed by atoms with Crippen LogP contribution in [0.15, 0.2) is 0 Å². The number of rotatable bonds is 10. The second kappa shape index (κ2) is 8.18. The number of carbonyl (C=O) groups excluding carboxylic acids is 2. The molecule has 0 aromatic rings. The van der Waals surface area contributed by atoms with Crippen molar-refractivity contribution in [1.82, 2.24) is 0 Å². The van der Waals surface area contributed by atoms with E-state index < -0.39 is 0 Å². The van der Waals surface area contributed by atoms with Crippen molar-refractivity contribution >= 4 is 34.2 Å². The van der Waals surface area contributed by atoms with Crippen LogP contribution in [-0.2, 0) is 9.59 Å². The number of alkyl halides is 1. The minimum absolute atomic E-state index is 0.0600. The van der Waals surface area contributed by atoms with Crippen LogP contribution in [0, 0.1) is 22.2 Å². The zero-order chi connectivity index (χ0) is 19.6. The van der Waals surface area contributed by atoms with E-state index in [-0.39, 0.29) is 31.2 Å². The van der Waals surface area contributed by atoms with E-state index in [1.54, 1.807) is 13.8 Å². The molecule has 0 heterocycles. The van der Waals surface area contributed by atoms with E-state index in [1.165, 1.54) is 0 Å². The molecule has 0 spiro atoms. The summed E-state index contributed by atoms with van der Waals surface area (Å²) in [6.45, 7) is 20.7. The van der Waals surface area contributed by atoms with Gasteiger partial charge in [-0.3, -0.25) is 9.59 Å². The summed E-state index contributed by atoms with van der Waals surface area (Å²) in [4.78, 5) is 23.9. The smallest absolute Gasteiger partial charge is 0.135 e. The number of halogens is 1. The third-order valence-electron chi connectivity index (χ3n) is 5.76. The van der Waals surface area contributed by atoms with Crippen LogP contribution in [0.2, 0.25) is 0 Å². The van der Waals surface area contributed by atoms with Gasteiger partial charge in [-0.05, 0) is 50.9 Å². The standard InChI is InChI=1S/C21H39IO2/c1-15(23)18(3,4)12-11-17(13-21(9,10)22)20(7,8)14-19(5,6)16(2)24/h17H,11-14H2,1-10H3. The zero-order valence-corrected chi connectivity index (χ0v) is 19.8. The van der Waals surface area contributed by atoms with Crippen LogP contribution in [0.1, 0.15) is 94.9 Å². The summed E-state index contributed by atoms with van der Waals surface area (Å²) in [7, 11) is 0. The lowest BCUT2D eigenvalue weighted by molar-refractivity contribution is -0.127. The van der Waals surface area contributed by atoms with E-state index in [9.17, 15) is 9.59 Å². The molecule has 0 aliphatic carbocycles. The van der Waals surface area contributed by atoms with Crippen LogP contribution in [0.5, 0.6) is 0 Å². The molecule has 0 amide bonds. The molecule has 0 aromatic carbocycles. The maximum atomic E-state index is 12.0. The lowest BCUT2D eigenvalue weighted by Crippen LogP contribution is -2.37. The quantitative estimate of drug-likeness (QED) is 0.276. The second-order valence-electron chi connectivity index (χ2n) is 10.2. The number of hydrogen-bond acceptors (Lipinski definition) is 2. The zero-order valence-electron chi connectivity index (χ0n) is 17.6. The first-order valence-corrected chi connectivity index (χ1v) is 10.2. The predicted octanol–water partition coefficient (Wildman–Crippen LogP) is 6.63. The Kier molecular flexibility index (Phi) is 8.20.